The topological polar surface area (TPSA) is 55.8 Å². The molecule has 1 aromatic carbocycles. The second-order valence-electron chi connectivity index (χ2n) is 4.26. The van der Waals surface area contributed by atoms with Crippen LogP contribution in [-0.4, -0.2) is 24.3 Å². The van der Waals surface area contributed by atoms with Crippen LogP contribution in [-0.2, 0) is 9.53 Å². The van der Waals surface area contributed by atoms with Crippen LogP contribution in [0.4, 0.5) is 0 Å². The predicted molar refractivity (Wildman–Crippen MR) is 73.1 cm³/mol. The minimum atomic E-state index is -0.892. The normalized spacial score (nSPS) is 11.9. The summed E-state index contributed by atoms with van der Waals surface area (Å²) in [5.74, 6) is 0.228. The molecule has 0 radical (unpaired) electrons. The Balaban J connectivity index is 2.67. The molecule has 0 heterocycles. The molecule has 106 valence electrons. The number of unbranched alkanes of at least 4 members (excludes halogenated alkanes) is 1. The maximum absolute atomic E-state index is 11.4. The molecule has 1 atom stereocenters. The van der Waals surface area contributed by atoms with E-state index in [0.717, 1.165) is 12.8 Å². The molecule has 0 saturated carbocycles. The van der Waals surface area contributed by atoms with Crippen LogP contribution in [0.5, 0.6) is 5.75 Å². The van der Waals surface area contributed by atoms with Crippen molar-refractivity contribution in [2.75, 3.05) is 13.2 Å². The summed E-state index contributed by atoms with van der Waals surface area (Å²) in [7, 11) is 0. The Morgan fingerprint density at radius 1 is 1.32 bits per heavy atom. The second-order valence-corrected chi connectivity index (χ2v) is 4.26. The largest absolute Gasteiger partial charge is 0.493 e. The molecule has 0 aromatic heterocycles. The fourth-order valence-electron chi connectivity index (χ4n) is 1.70. The Morgan fingerprint density at radius 3 is 2.74 bits per heavy atom. The molecule has 0 aliphatic carbocycles. The summed E-state index contributed by atoms with van der Waals surface area (Å²) in [6.45, 7) is 4.76. The first-order valence-electron chi connectivity index (χ1n) is 6.74. The highest BCUT2D eigenvalue weighted by Gasteiger charge is 2.17. The fraction of sp³-hybridized carbons (Fsp3) is 0.533. The lowest BCUT2D eigenvalue weighted by molar-refractivity contribution is -0.145. The van der Waals surface area contributed by atoms with E-state index in [4.69, 9.17) is 9.47 Å². The quantitative estimate of drug-likeness (QED) is 0.580. The van der Waals surface area contributed by atoms with E-state index < -0.39 is 12.1 Å². The molecule has 1 rings (SSSR count). The van der Waals surface area contributed by atoms with E-state index in [2.05, 4.69) is 6.92 Å². The molecule has 1 N–H and O–H groups in total. The van der Waals surface area contributed by atoms with Gasteiger partial charge in [-0.15, -0.1) is 0 Å². The summed E-state index contributed by atoms with van der Waals surface area (Å²) in [6, 6.07) is 7.24. The third kappa shape index (κ3) is 5.30. The zero-order valence-corrected chi connectivity index (χ0v) is 11.6. The molecular formula is C15H22O4. The highest BCUT2D eigenvalue weighted by molar-refractivity contribution is 5.70. The molecule has 0 aliphatic rings. The smallest absolute Gasteiger partial charge is 0.308 e. The van der Waals surface area contributed by atoms with Gasteiger partial charge in [0.2, 0.25) is 0 Å². The van der Waals surface area contributed by atoms with Gasteiger partial charge in [0.25, 0.3) is 0 Å². The number of carbonyl (C=O) groups is 1. The molecular weight excluding hydrogens is 244 g/mol. The van der Waals surface area contributed by atoms with E-state index >= 15 is 0 Å². The SMILES string of the molecule is CCCCOc1ccccc1C(O)CC(=O)OCC. The Bertz CT molecular complexity index is 389. The van der Waals surface area contributed by atoms with Crippen molar-refractivity contribution in [1.29, 1.82) is 0 Å². The zero-order valence-electron chi connectivity index (χ0n) is 11.6. The predicted octanol–water partition coefficient (Wildman–Crippen LogP) is 2.85. The van der Waals surface area contributed by atoms with E-state index in [1.54, 1.807) is 19.1 Å². The van der Waals surface area contributed by atoms with E-state index in [1.807, 2.05) is 12.1 Å². The number of hydrogen-bond acceptors (Lipinski definition) is 4. The van der Waals surface area contributed by atoms with E-state index in [1.165, 1.54) is 0 Å². The molecule has 0 spiro atoms. The summed E-state index contributed by atoms with van der Waals surface area (Å²) < 4.78 is 10.5. The third-order valence-electron chi connectivity index (χ3n) is 2.70. The highest BCUT2D eigenvalue weighted by atomic mass is 16.5. The summed E-state index contributed by atoms with van der Waals surface area (Å²) in [6.07, 6.45) is 1.06. The average Bonchev–Trinajstić information content (AvgIpc) is 2.39. The lowest BCUT2D eigenvalue weighted by atomic mass is 10.1. The number of esters is 1. The number of aliphatic hydroxyl groups is 1. The van der Waals surface area contributed by atoms with Crippen molar-refractivity contribution < 1.29 is 19.4 Å². The van der Waals surface area contributed by atoms with Gasteiger partial charge in [0.1, 0.15) is 5.75 Å². The van der Waals surface area contributed by atoms with Gasteiger partial charge in [-0.25, -0.2) is 0 Å². The molecule has 0 bridgehead atoms. The van der Waals surface area contributed by atoms with Crippen LogP contribution < -0.4 is 4.74 Å². The third-order valence-corrected chi connectivity index (χ3v) is 2.70. The van der Waals surface area contributed by atoms with Gasteiger partial charge < -0.3 is 14.6 Å². The number of carbonyl (C=O) groups excluding carboxylic acids is 1. The lowest BCUT2D eigenvalue weighted by Crippen LogP contribution is -2.11. The first-order chi connectivity index (χ1) is 9.19. The van der Waals surface area contributed by atoms with E-state index in [0.29, 0.717) is 24.5 Å². The molecule has 0 saturated heterocycles. The first-order valence-corrected chi connectivity index (χ1v) is 6.74. The minimum absolute atomic E-state index is 0.0536. The molecule has 0 fully saturated rings. The van der Waals surface area contributed by atoms with Gasteiger partial charge in [-0.1, -0.05) is 31.5 Å². The molecule has 1 aromatic rings. The van der Waals surface area contributed by atoms with Crippen LogP contribution in [0.2, 0.25) is 0 Å². The molecule has 1 unspecified atom stereocenters. The van der Waals surface area contributed by atoms with Crippen molar-refractivity contribution in [1.82, 2.24) is 0 Å². The monoisotopic (exact) mass is 266 g/mol. The number of benzene rings is 1. The van der Waals surface area contributed by atoms with Gasteiger partial charge in [-0.05, 0) is 19.4 Å². The Labute approximate surface area is 114 Å². The summed E-state index contributed by atoms with van der Waals surface area (Å²) in [4.78, 5) is 11.4. The van der Waals surface area contributed by atoms with E-state index in [9.17, 15) is 9.90 Å². The minimum Gasteiger partial charge on any atom is -0.493 e. The fourth-order valence-corrected chi connectivity index (χ4v) is 1.70. The standard InChI is InChI=1S/C15H22O4/c1-3-5-10-19-14-9-7-6-8-12(14)13(16)11-15(17)18-4-2/h6-9,13,16H,3-5,10-11H2,1-2H3. The zero-order chi connectivity index (χ0) is 14.1. The van der Waals surface area contributed by atoms with Gasteiger partial charge in [0, 0.05) is 5.56 Å². The van der Waals surface area contributed by atoms with Crippen LogP contribution in [0.1, 0.15) is 44.8 Å². The Morgan fingerprint density at radius 2 is 2.05 bits per heavy atom. The number of para-hydroxylation sites is 1. The Hall–Kier alpha value is -1.55. The van der Waals surface area contributed by atoms with Crippen molar-refractivity contribution >= 4 is 5.97 Å². The molecule has 0 amide bonds. The maximum atomic E-state index is 11.4. The molecule has 0 aliphatic heterocycles. The van der Waals surface area contributed by atoms with Gasteiger partial charge in [-0.2, -0.15) is 0 Å². The first kappa shape index (κ1) is 15.5. The van der Waals surface area contributed by atoms with Crippen molar-refractivity contribution in [3.8, 4) is 5.75 Å². The van der Waals surface area contributed by atoms with Crippen LogP contribution in [0.25, 0.3) is 0 Å². The lowest BCUT2D eigenvalue weighted by Gasteiger charge is -2.15. The van der Waals surface area contributed by atoms with Crippen LogP contribution in [0.15, 0.2) is 24.3 Å². The van der Waals surface area contributed by atoms with Crippen LogP contribution in [0.3, 0.4) is 0 Å². The van der Waals surface area contributed by atoms with Crippen molar-refractivity contribution in [2.24, 2.45) is 0 Å². The Kier molecular flexibility index (Phi) is 6.97. The number of rotatable bonds is 8. The van der Waals surface area contributed by atoms with Crippen molar-refractivity contribution in [2.45, 2.75) is 39.2 Å². The summed E-state index contributed by atoms with van der Waals surface area (Å²) >= 11 is 0. The highest BCUT2D eigenvalue weighted by Crippen LogP contribution is 2.27. The number of ether oxygens (including phenoxy) is 2. The van der Waals surface area contributed by atoms with E-state index in [-0.39, 0.29) is 6.42 Å². The van der Waals surface area contributed by atoms with Crippen LogP contribution >= 0.6 is 0 Å². The van der Waals surface area contributed by atoms with Crippen molar-refractivity contribution in [3.05, 3.63) is 29.8 Å². The van der Waals surface area contributed by atoms with Crippen LogP contribution in [0, 0.1) is 0 Å². The van der Waals surface area contributed by atoms with Gasteiger partial charge in [-0.3, -0.25) is 4.79 Å². The summed E-state index contributed by atoms with van der Waals surface area (Å²) in [5.41, 5.74) is 0.631. The maximum Gasteiger partial charge on any atom is 0.308 e. The van der Waals surface area contributed by atoms with Gasteiger partial charge in [0.05, 0.1) is 25.7 Å². The van der Waals surface area contributed by atoms with Gasteiger partial charge >= 0.3 is 5.97 Å². The molecule has 4 heteroatoms. The molecule has 4 nitrogen and oxygen atoms in total. The number of aliphatic hydroxyl groups excluding tert-OH is 1. The number of hydrogen-bond donors (Lipinski definition) is 1. The average molecular weight is 266 g/mol. The molecule has 19 heavy (non-hydrogen) atoms. The van der Waals surface area contributed by atoms with Gasteiger partial charge in [0.15, 0.2) is 0 Å². The summed E-state index contributed by atoms with van der Waals surface area (Å²) in [5, 5.41) is 10.1. The second kappa shape index (κ2) is 8.53. The van der Waals surface area contributed by atoms with Crippen molar-refractivity contribution in [3.63, 3.8) is 0 Å².